The summed E-state index contributed by atoms with van der Waals surface area (Å²) < 4.78 is 5.45. The molecule has 0 radical (unpaired) electrons. The van der Waals surface area contributed by atoms with Crippen molar-refractivity contribution < 1.29 is 14.0 Å². The van der Waals surface area contributed by atoms with E-state index in [0.717, 1.165) is 11.3 Å². The summed E-state index contributed by atoms with van der Waals surface area (Å²) in [5, 5.41) is 0. The highest BCUT2D eigenvalue weighted by atomic mass is 16.3. The molecule has 0 spiro atoms. The molecular weight excluding hydrogens is 342 g/mol. The van der Waals surface area contributed by atoms with Crippen LogP contribution in [0.1, 0.15) is 38.0 Å². The predicted molar refractivity (Wildman–Crippen MR) is 101 cm³/mol. The van der Waals surface area contributed by atoms with Gasteiger partial charge in [-0.15, -0.1) is 0 Å². The zero-order valence-corrected chi connectivity index (χ0v) is 16.0. The van der Waals surface area contributed by atoms with Gasteiger partial charge in [0, 0.05) is 43.9 Å². The summed E-state index contributed by atoms with van der Waals surface area (Å²) in [5.74, 6) is 0.987. The van der Waals surface area contributed by atoms with Crippen molar-refractivity contribution in [3.63, 3.8) is 0 Å². The topological polar surface area (TPSA) is 66.7 Å². The molecule has 0 atom stereocenters. The first-order valence-electron chi connectivity index (χ1n) is 9.53. The fourth-order valence-electron chi connectivity index (χ4n) is 3.48. The third kappa shape index (κ3) is 4.96. The molecule has 0 saturated carbocycles. The zero-order valence-electron chi connectivity index (χ0n) is 16.0. The van der Waals surface area contributed by atoms with E-state index in [1.807, 2.05) is 47.9 Å². The minimum atomic E-state index is -0.0622. The van der Waals surface area contributed by atoms with Crippen LogP contribution >= 0.6 is 0 Å². The van der Waals surface area contributed by atoms with E-state index >= 15 is 0 Å². The molecule has 3 heterocycles. The Balaban J connectivity index is 1.66. The third-order valence-electron chi connectivity index (χ3n) is 4.98. The Bertz CT molecular complexity index is 735. The first-order valence-corrected chi connectivity index (χ1v) is 9.53. The standard InChI is InChI=1S/C21H27N3O3/c1-16(2)20(25)23-10-7-18(8-11-23)21(26)24(15-19-6-4-12-27-19)14-17-5-3-9-22-13-17/h3-6,9,12-13,16,18H,7-8,10-11,14-15H2,1-2H3. The van der Waals surface area contributed by atoms with Crippen LogP contribution < -0.4 is 0 Å². The van der Waals surface area contributed by atoms with Crippen LogP contribution in [0.2, 0.25) is 0 Å². The number of hydrogen-bond donors (Lipinski definition) is 0. The maximum absolute atomic E-state index is 13.2. The van der Waals surface area contributed by atoms with Gasteiger partial charge in [-0.3, -0.25) is 14.6 Å². The number of nitrogens with zero attached hydrogens (tertiary/aromatic N) is 3. The van der Waals surface area contributed by atoms with E-state index in [2.05, 4.69) is 4.98 Å². The number of pyridine rings is 1. The largest absolute Gasteiger partial charge is 0.467 e. The number of piperidine rings is 1. The molecule has 2 amide bonds. The molecule has 0 aliphatic carbocycles. The van der Waals surface area contributed by atoms with Crippen molar-refractivity contribution in [3.8, 4) is 0 Å². The highest BCUT2D eigenvalue weighted by molar-refractivity contribution is 5.81. The second kappa shape index (κ2) is 8.84. The number of aromatic nitrogens is 1. The minimum absolute atomic E-state index is 0.00159. The van der Waals surface area contributed by atoms with Crippen molar-refractivity contribution in [3.05, 3.63) is 54.2 Å². The first-order chi connectivity index (χ1) is 13.0. The first kappa shape index (κ1) is 19.1. The lowest BCUT2D eigenvalue weighted by molar-refractivity contribution is -0.143. The van der Waals surface area contributed by atoms with E-state index in [9.17, 15) is 9.59 Å². The third-order valence-corrected chi connectivity index (χ3v) is 4.98. The summed E-state index contributed by atoms with van der Waals surface area (Å²) in [6.07, 6.45) is 6.55. The average molecular weight is 369 g/mol. The van der Waals surface area contributed by atoms with E-state index in [-0.39, 0.29) is 23.7 Å². The summed E-state index contributed by atoms with van der Waals surface area (Å²) >= 11 is 0. The van der Waals surface area contributed by atoms with Gasteiger partial charge in [-0.2, -0.15) is 0 Å². The van der Waals surface area contributed by atoms with Crippen molar-refractivity contribution in [2.75, 3.05) is 13.1 Å². The molecule has 6 nitrogen and oxygen atoms in total. The fraction of sp³-hybridized carbons (Fsp3) is 0.476. The van der Waals surface area contributed by atoms with Crippen molar-refractivity contribution in [2.45, 2.75) is 39.8 Å². The highest BCUT2D eigenvalue weighted by Gasteiger charge is 2.31. The lowest BCUT2D eigenvalue weighted by atomic mass is 9.94. The predicted octanol–water partition coefficient (Wildman–Crippen LogP) is 3.10. The molecule has 3 rings (SSSR count). The summed E-state index contributed by atoms with van der Waals surface area (Å²) in [7, 11) is 0. The monoisotopic (exact) mass is 369 g/mol. The molecule has 6 heteroatoms. The lowest BCUT2D eigenvalue weighted by Crippen LogP contribution is -2.45. The maximum Gasteiger partial charge on any atom is 0.226 e. The van der Waals surface area contributed by atoms with Gasteiger partial charge in [0.15, 0.2) is 0 Å². The molecule has 2 aromatic rings. The van der Waals surface area contributed by atoms with E-state index < -0.39 is 0 Å². The number of likely N-dealkylation sites (tertiary alicyclic amines) is 1. The summed E-state index contributed by atoms with van der Waals surface area (Å²) in [5.41, 5.74) is 0.991. The summed E-state index contributed by atoms with van der Waals surface area (Å²) in [6.45, 7) is 6.06. The van der Waals surface area contributed by atoms with Crippen molar-refractivity contribution in [1.82, 2.24) is 14.8 Å². The number of carbonyl (C=O) groups is 2. The molecule has 1 fully saturated rings. The molecule has 144 valence electrons. The maximum atomic E-state index is 13.2. The van der Waals surface area contributed by atoms with Gasteiger partial charge in [0.1, 0.15) is 5.76 Å². The molecule has 0 bridgehead atoms. The van der Waals surface area contributed by atoms with Crippen LogP contribution in [0.5, 0.6) is 0 Å². The van der Waals surface area contributed by atoms with Gasteiger partial charge >= 0.3 is 0 Å². The van der Waals surface area contributed by atoms with Crippen LogP contribution in [-0.2, 0) is 22.7 Å². The van der Waals surface area contributed by atoms with E-state index in [1.165, 1.54) is 0 Å². The van der Waals surface area contributed by atoms with Crippen LogP contribution in [0.25, 0.3) is 0 Å². The molecule has 1 aliphatic heterocycles. The van der Waals surface area contributed by atoms with E-state index in [4.69, 9.17) is 4.42 Å². The molecule has 1 aliphatic rings. The molecule has 1 saturated heterocycles. The second-order valence-electron chi connectivity index (χ2n) is 7.39. The molecule has 0 N–H and O–H groups in total. The second-order valence-corrected chi connectivity index (χ2v) is 7.39. The van der Waals surface area contributed by atoms with Crippen molar-refractivity contribution in [1.29, 1.82) is 0 Å². The molecule has 0 aromatic carbocycles. The average Bonchev–Trinajstić information content (AvgIpc) is 3.20. The lowest BCUT2D eigenvalue weighted by Gasteiger charge is -2.35. The van der Waals surface area contributed by atoms with Crippen molar-refractivity contribution in [2.24, 2.45) is 11.8 Å². The SMILES string of the molecule is CC(C)C(=O)N1CCC(C(=O)N(Cc2cccnc2)Cc2ccco2)CC1. The van der Waals surface area contributed by atoms with Gasteiger partial charge in [0.05, 0.1) is 12.8 Å². The van der Waals surface area contributed by atoms with Crippen LogP contribution in [0.3, 0.4) is 0 Å². The smallest absolute Gasteiger partial charge is 0.226 e. The van der Waals surface area contributed by atoms with Gasteiger partial charge in [-0.05, 0) is 36.6 Å². The van der Waals surface area contributed by atoms with Gasteiger partial charge in [0.25, 0.3) is 0 Å². The summed E-state index contributed by atoms with van der Waals surface area (Å²) in [4.78, 5) is 33.2. The van der Waals surface area contributed by atoms with Crippen LogP contribution in [0.15, 0.2) is 47.3 Å². The molecule has 0 unspecified atom stereocenters. The Morgan fingerprint density at radius 2 is 2.00 bits per heavy atom. The molecule has 2 aromatic heterocycles. The number of carbonyl (C=O) groups excluding carboxylic acids is 2. The number of amides is 2. The summed E-state index contributed by atoms with van der Waals surface area (Å²) in [6, 6.07) is 7.56. The molecule has 27 heavy (non-hydrogen) atoms. The van der Waals surface area contributed by atoms with E-state index in [1.54, 1.807) is 18.7 Å². The Labute approximate surface area is 160 Å². The number of rotatable bonds is 6. The van der Waals surface area contributed by atoms with Gasteiger partial charge in [-0.25, -0.2) is 0 Å². The fourth-order valence-corrected chi connectivity index (χ4v) is 3.48. The van der Waals surface area contributed by atoms with Gasteiger partial charge in [0.2, 0.25) is 11.8 Å². The zero-order chi connectivity index (χ0) is 19.2. The van der Waals surface area contributed by atoms with Crippen molar-refractivity contribution >= 4 is 11.8 Å². The molecular formula is C21H27N3O3. The Morgan fingerprint density at radius 1 is 1.22 bits per heavy atom. The van der Waals surface area contributed by atoms with E-state index in [0.29, 0.717) is 39.0 Å². The van der Waals surface area contributed by atoms with Gasteiger partial charge < -0.3 is 14.2 Å². The number of hydrogen-bond acceptors (Lipinski definition) is 4. The Hall–Kier alpha value is -2.63. The minimum Gasteiger partial charge on any atom is -0.467 e. The van der Waals surface area contributed by atoms with Crippen LogP contribution in [0, 0.1) is 11.8 Å². The Kier molecular flexibility index (Phi) is 6.27. The van der Waals surface area contributed by atoms with Crippen LogP contribution in [0.4, 0.5) is 0 Å². The normalized spacial score (nSPS) is 15.1. The van der Waals surface area contributed by atoms with Gasteiger partial charge in [-0.1, -0.05) is 19.9 Å². The quantitative estimate of drug-likeness (QED) is 0.785. The number of furan rings is 1. The van der Waals surface area contributed by atoms with Crippen LogP contribution in [-0.4, -0.2) is 39.7 Å². The highest BCUT2D eigenvalue weighted by Crippen LogP contribution is 2.23. The Morgan fingerprint density at radius 3 is 2.59 bits per heavy atom.